The van der Waals surface area contributed by atoms with Crippen molar-refractivity contribution in [2.24, 2.45) is 5.73 Å². The highest BCUT2D eigenvalue weighted by Crippen LogP contribution is 2.14. The summed E-state index contributed by atoms with van der Waals surface area (Å²) < 4.78 is 15.2. The van der Waals surface area contributed by atoms with Gasteiger partial charge >= 0.3 is 5.97 Å². The van der Waals surface area contributed by atoms with Crippen molar-refractivity contribution in [3.05, 3.63) is 12.0 Å². The third-order valence-electron chi connectivity index (χ3n) is 2.44. The maximum absolute atomic E-state index is 11.5. The first-order valence-corrected chi connectivity index (χ1v) is 6.64. The molecule has 0 radical (unpaired) electrons. The van der Waals surface area contributed by atoms with Gasteiger partial charge in [0.25, 0.3) is 6.01 Å². The Hall–Kier alpha value is -1.67. The average Bonchev–Trinajstić information content (AvgIpc) is 2.88. The second-order valence-corrected chi connectivity index (χ2v) is 4.46. The smallest absolute Gasteiger partial charge is 0.360 e. The Morgan fingerprint density at radius 1 is 1.55 bits per heavy atom. The molecule has 0 aliphatic heterocycles. The summed E-state index contributed by atoms with van der Waals surface area (Å²) in [7, 11) is 1.60. The number of methoxy groups -OCH3 is 1. The van der Waals surface area contributed by atoms with E-state index in [2.05, 4.69) is 4.98 Å². The van der Waals surface area contributed by atoms with Crippen LogP contribution in [-0.2, 0) is 9.47 Å². The van der Waals surface area contributed by atoms with Crippen molar-refractivity contribution in [2.75, 3.05) is 38.3 Å². The number of anilines is 1. The molecule has 8 heteroatoms. The molecule has 0 atom stereocenters. The summed E-state index contributed by atoms with van der Waals surface area (Å²) >= 11 is 4.85. The standard InChI is InChI=1S/C12H19N3O4S/c1-3-18-11(16)9-8-19-12(14-9)15(6-7-17-2)5-4-10(13)20/h8H,3-7H2,1-2H3,(H2,13,20). The van der Waals surface area contributed by atoms with E-state index in [0.29, 0.717) is 37.1 Å². The van der Waals surface area contributed by atoms with Gasteiger partial charge in [0, 0.05) is 26.6 Å². The molecule has 0 bridgehead atoms. The molecule has 0 aliphatic rings. The van der Waals surface area contributed by atoms with Crippen LogP contribution < -0.4 is 10.6 Å². The van der Waals surface area contributed by atoms with Crippen LogP contribution in [0.5, 0.6) is 0 Å². The average molecular weight is 301 g/mol. The largest absolute Gasteiger partial charge is 0.461 e. The zero-order valence-electron chi connectivity index (χ0n) is 11.6. The maximum atomic E-state index is 11.5. The van der Waals surface area contributed by atoms with Gasteiger partial charge in [-0.15, -0.1) is 0 Å². The predicted octanol–water partition coefficient (Wildman–Crippen LogP) is 0.980. The molecule has 20 heavy (non-hydrogen) atoms. The van der Waals surface area contributed by atoms with Gasteiger partial charge in [-0.3, -0.25) is 0 Å². The molecule has 0 fully saturated rings. The van der Waals surface area contributed by atoms with E-state index in [0.717, 1.165) is 0 Å². The van der Waals surface area contributed by atoms with Crippen LogP contribution in [0.4, 0.5) is 6.01 Å². The Morgan fingerprint density at radius 2 is 2.30 bits per heavy atom. The van der Waals surface area contributed by atoms with Gasteiger partial charge in [0.2, 0.25) is 0 Å². The number of hydrogen-bond acceptors (Lipinski definition) is 7. The van der Waals surface area contributed by atoms with Crippen LogP contribution in [-0.4, -0.2) is 49.4 Å². The van der Waals surface area contributed by atoms with Gasteiger partial charge in [-0.05, 0) is 6.92 Å². The van der Waals surface area contributed by atoms with Gasteiger partial charge < -0.3 is 24.5 Å². The Morgan fingerprint density at radius 3 is 2.90 bits per heavy atom. The summed E-state index contributed by atoms with van der Waals surface area (Å²) in [6.45, 7) is 3.61. The Bertz CT molecular complexity index is 450. The van der Waals surface area contributed by atoms with Crippen LogP contribution in [0, 0.1) is 0 Å². The molecule has 1 heterocycles. The maximum Gasteiger partial charge on any atom is 0.360 e. The number of carbonyl (C=O) groups is 1. The van der Waals surface area contributed by atoms with E-state index < -0.39 is 5.97 Å². The molecule has 0 amide bonds. The fraction of sp³-hybridized carbons (Fsp3) is 0.583. The van der Waals surface area contributed by atoms with Crippen molar-refractivity contribution < 1.29 is 18.7 Å². The van der Waals surface area contributed by atoms with Crippen LogP contribution in [0.2, 0.25) is 0 Å². The van der Waals surface area contributed by atoms with Gasteiger partial charge in [-0.1, -0.05) is 12.2 Å². The Balaban J connectivity index is 2.74. The summed E-state index contributed by atoms with van der Waals surface area (Å²) in [4.78, 5) is 17.9. The number of rotatable bonds is 9. The van der Waals surface area contributed by atoms with Gasteiger partial charge in [-0.2, -0.15) is 4.98 Å². The molecule has 0 saturated heterocycles. The SMILES string of the molecule is CCOC(=O)c1coc(N(CCOC)CCC(N)=S)n1. The summed E-state index contributed by atoms with van der Waals surface area (Å²) in [6, 6.07) is 0.321. The summed E-state index contributed by atoms with van der Waals surface area (Å²) in [6.07, 6.45) is 1.80. The minimum absolute atomic E-state index is 0.139. The van der Waals surface area contributed by atoms with Crippen LogP contribution >= 0.6 is 12.2 Å². The predicted molar refractivity (Wildman–Crippen MR) is 78.0 cm³/mol. The lowest BCUT2D eigenvalue weighted by atomic mass is 10.4. The van der Waals surface area contributed by atoms with Crippen LogP contribution in [0.25, 0.3) is 0 Å². The minimum Gasteiger partial charge on any atom is -0.461 e. The van der Waals surface area contributed by atoms with Crippen molar-refractivity contribution in [2.45, 2.75) is 13.3 Å². The highest BCUT2D eigenvalue weighted by molar-refractivity contribution is 7.80. The molecule has 0 unspecified atom stereocenters. The number of ether oxygens (including phenoxy) is 2. The van der Waals surface area contributed by atoms with E-state index in [4.69, 9.17) is 31.8 Å². The van der Waals surface area contributed by atoms with E-state index in [9.17, 15) is 4.79 Å². The Kier molecular flexibility index (Phi) is 6.96. The molecule has 2 N–H and O–H groups in total. The van der Waals surface area contributed by atoms with Gasteiger partial charge in [0.1, 0.15) is 6.26 Å². The number of esters is 1. The summed E-state index contributed by atoms with van der Waals surface area (Å²) in [5.41, 5.74) is 5.63. The number of hydrogen-bond donors (Lipinski definition) is 1. The highest BCUT2D eigenvalue weighted by atomic mass is 32.1. The van der Waals surface area contributed by atoms with E-state index in [1.165, 1.54) is 6.26 Å². The molecule has 1 aromatic heterocycles. The normalized spacial score (nSPS) is 10.3. The van der Waals surface area contributed by atoms with Crippen LogP contribution in [0.3, 0.4) is 0 Å². The number of nitrogens with two attached hydrogens (primary N) is 1. The fourth-order valence-corrected chi connectivity index (χ4v) is 1.55. The lowest BCUT2D eigenvalue weighted by Crippen LogP contribution is -2.31. The van der Waals surface area contributed by atoms with Crippen molar-refractivity contribution in [3.63, 3.8) is 0 Å². The highest BCUT2D eigenvalue weighted by Gasteiger charge is 2.17. The zero-order chi connectivity index (χ0) is 15.0. The van der Waals surface area contributed by atoms with Crippen molar-refractivity contribution >= 4 is 29.2 Å². The van der Waals surface area contributed by atoms with Gasteiger partial charge in [0.05, 0.1) is 18.2 Å². The lowest BCUT2D eigenvalue weighted by molar-refractivity contribution is 0.0519. The summed E-state index contributed by atoms with van der Waals surface area (Å²) in [5.74, 6) is -0.511. The first-order chi connectivity index (χ1) is 9.58. The Labute approximate surface area is 123 Å². The second-order valence-electron chi connectivity index (χ2n) is 3.93. The molecule has 0 saturated carbocycles. The summed E-state index contributed by atoms with van der Waals surface area (Å²) in [5, 5.41) is 0. The lowest BCUT2D eigenvalue weighted by Gasteiger charge is -2.19. The molecule has 0 aliphatic carbocycles. The third kappa shape index (κ3) is 5.14. The molecule has 7 nitrogen and oxygen atoms in total. The quantitative estimate of drug-likeness (QED) is 0.533. The van der Waals surface area contributed by atoms with Gasteiger partial charge in [-0.25, -0.2) is 4.79 Å². The molecule has 0 aromatic carbocycles. The van der Waals surface area contributed by atoms with Crippen molar-refractivity contribution in [1.82, 2.24) is 4.98 Å². The number of nitrogens with zero attached hydrogens (tertiary/aromatic N) is 2. The molecule has 1 aromatic rings. The van der Waals surface area contributed by atoms with E-state index in [-0.39, 0.29) is 12.3 Å². The van der Waals surface area contributed by atoms with E-state index in [1.807, 2.05) is 4.90 Å². The molecular weight excluding hydrogens is 282 g/mol. The minimum atomic E-state index is -0.511. The van der Waals surface area contributed by atoms with Crippen LogP contribution in [0.1, 0.15) is 23.8 Å². The fourth-order valence-electron chi connectivity index (χ4n) is 1.46. The number of thiocarbonyl (C=S) groups is 1. The number of oxazole rings is 1. The third-order valence-corrected chi connectivity index (χ3v) is 2.64. The van der Waals surface area contributed by atoms with Crippen molar-refractivity contribution in [3.8, 4) is 0 Å². The van der Waals surface area contributed by atoms with Crippen LogP contribution in [0.15, 0.2) is 10.7 Å². The van der Waals surface area contributed by atoms with E-state index >= 15 is 0 Å². The topological polar surface area (TPSA) is 90.8 Å². The van der Waals surface area contributed by atoms with Crippen molar-refractivity contribution in [1.29, 1.82) is 0 Å². The second kappa shape index (κ2) is 8.49. The van der Waals surface area contributed by atoms with E-state index in [1.54, 1.807) is 14.0 Å². The monoisotopic (exact) mass is 301 g/mol. The molecule has 0 spiro atoms. The first kappa shape index (κ1) is 16.4. The number of aromatic nitrogens is 1. The number of carbonyl (C=O) groups excluding carboxylic acids is 1. The van der Waals surface area contributed by atoms with Gasteiger partial charge in [0.15, 0.2) is 5.69 Å². The molecule has 112 valence electrons. The molecule has 1 rings (SSSR count). The zero-order valence-corrected chi connectivity index (χ0v) is 12.4. The molecular formula is C12H19N3O4S. The first-order valence-electron chi connectivity index (χ1n) is 6.23.